The number of carbonyl (C=O) groups excluding carboxylic acids is 1. The Morgan fingerprint density at radius 2 is 1.93 bits per heavy atom. The van der Waals surface area contributed by atoms with Crippen molar-refractivity contribution in [3.05, 3.63) is 47.6 Å². The normalized spacial score (nSPS) is 11.5. The number of hydrogen-bond acceptors (Lipinski definition) is 4. The number of nitrogens with zero attached hydrogens (tertiary/aromatic N) is 3. The summed E-state index contributed by atoms with van der Waals surface area (Å²) < 4.78 is 40.0. The number of carbonyl (C=O) groups is 1. The molecule has 0 aliphatic heterocycles. The summed E-state index contributed by atoms with van der Waals surface area (Å²) in [4.78, 5) is 22.3. The van der Waals surface area contributed by atoms with Crippen LogP contribution in [0.15, 0.2) is 21.1 Å². The second-order valence-electron chi connectivity index (χ2n) is 5.31. The molecule has 0 radical (unpaired) electrons. The molecule has 146 valence electrons. The fourth-order valence-corrected chi connectivity index (χ4v) is 3.72. The number of alkyl halides is 3. The first-order valence-electron chi connectivity index (χ1n) is 7.15. The first-order chi connectivity index (χ1) is 12.4. The first-order valence-corrected chi connectivity index (χ1v) is 9.11. The van der Waals surface area contributed by atoms with Crippen molar-refractivity contribution in [1.29, 1.82) is 0 Å². The highest BCUT2D eigenvalue weighted by atomic mass is 79.9. The highest BCUT2D eigenvalue weighted by molar-refractivity contribution is 9.11. The molecule has 2 rings (SSSR count). The van der Waals surface area contributed by atoms with E-state index >= 15 is 0 Å². The third-order valence-corrected chi connectivity index (χ3v) is 5.16. The average Bonchev–Trinajstić information content (AvgIpc) is 2.84. The highest BCUT2D eigenvalue weighted by Gasteiger charge is 2.38. The van der Waals surface area contributed by atoms with Crippen LogP contribution in [0.2, 0.25) is 5.02 Å². The van der Waals surface area contributed by atoms with Gasteiger partial charge in [-0.15, -0.1) is 0 Å². The van der Waals surface area contributed by atoms with Crippen LogP contribution < -0.4 is 5.32 Å². The summed E-state index contributed by atoms with van der Waals surface area (Å²) >= 11 is 11.9. The van der Waals surface area contributed by atoms with Crippen molar-refractivity contribution in [2.75, 3.05) is 5.32 Å². The van der Waals surface area contributed by atoms with E-state index in [1.165, 1.54) is 19.1 Å². The SMILES string of the molecule is Cc1c(Cl)c(C(F)(F)F)nn1CCC(=O)Nc1c(Br)cc([N+](=O)[O-])cc1Br. The molecule has 1 heterocycles. The van der Waals surface area contributed by atoms with Gasteiger partial charge in [0.2, 0.25) is 5.91 Å². The Morgan fingerprint density at radius 3 is 2.37 bits per heavy atom. The molecule has 2 aromatic rings. The predicted molar refractivity (Wildman–Crippen MR) is 98.7 cm³/mol. The zero-order valence-corrected chi connectivity index (χ0v) is 17.3. The number of hydrogen-bond donors (Lipinski definition) is 1. The number of anilines is 1. The lowest BCUT2D eigenvalue weighted by molar-refractivity contribution is -0.385. The van der Waals surface area contributed by atoms with E-state index in [1.807, 2.05) is 0 Å². The van der Waals surface area contributed by atoms with E-state index in [4.69, 9.17) is 11.6 Å². The summed E-state index contributed by atoms with van der Waals surface area (Å²) in [5, 5.41) is 16.2. The maximum absolute atomic E-state index is 12.8. The summed E-state index contributed by atoms with van der Waals surface area (Å²) in [6.07, 6.45) is -4.88. The van der Waals surface area contributed by atoms with Crippen LogP contribution in [0.5, 0.6) is 0 Å². The molecule has 1 aromatic carbocycles. The molecule has 7 nitrogen and oxygen atoms in total. The third kappa shape index (κ3) is 4.99. The second kappa shape index (κ2) is 8.15. The molecule has 1 aromatic heterocycles. The summed E-state index contributed by atoms with van der Waals surface area (Å²) in [6, 6.07) is 2.43. The fourth-order valence-electron chi connectivity index (χ4n) is 2.12. The van der Waals surface area contributed by atoms with Crippen molar-refractivity contribution in [1.82, 2.24) is 9.78 Å². The molecular formula is C14H10Br2ClF3N4O3. The molecule has 0 saturated heterocycles. The van der Waals surface area contributed by atoms with Gasteiger partial charge in [0.05, 0.1) is 27.9 Å². The van der Waals surface area contributed by atoms with Gasteiger partial charge in [-0.05, 0) is 38.8 Å². The molecule has 1 amide bonds. The Balaban J connectivity index is 2.11. The Kier molecular flexibility index (Phi) is 6.53. The molecule has 0 aliphatic carbocycles. The van der Waals surface area contributed by atoms with E-state index in [9.17, 15) is 28.1 Å². The largest absolute Gasteiger partial charge is 0.436 e. The zero-order valence-electron chi connectivity index (χ0n) is 13.4. The van der Waals surface area contributed by atoms with Crippen LogP contribution in [0, 0.1) is 17.0 Å². The Bertz CT molecular complexity index is 895. The van der Waals surface area contributed by atoms with E-state index in [0.717, 1.165) is 4.68 Å². The number of aryl methyl sites for hydroxylation is 1. The molecule has 27 heavy (non-hydrogen) atoms. The van der Waals surface area contributed by atoms with Gasteiger partial charge in [0, 0.05) is 27.5 Å². The van der Waals surface area contributed by atoms with Crippen LogP contribution >= 0.6 is 43.5 Å². The number of nitro benzene ring substituents is 1. The fraction of sp³-hybridized carbons (Fsp3) is 0.286. The van der Waals surface area contributed by atoms with Gasteiger partial charge in [0.1, 0.15) is 0 Å². The van der Waals surface area contributed by atoms with Gasteiger partial charge >= 0.3 is 6.18 Å². The molecule has 0 fully saturated rings. The summed E-state index contributed by atoms with van der Waals surface area (Å²) in [5.74, 6) is -0.523. The van der Waals surface area contributed by atoms with Crippen LogP contribution in [0.1, 0.15) is 17.8 Å². The van der Waals surface area contributed by atoms with Crippen LogP contribution in [0.4, 0.5) is 24.5 Å². The van der Waals surface area contributed by atoms with Crippen molar-refractivity contribution < 1.29 is 22.9 Å². The predicted octanol–water partition coefficient (Wildman–Crippen LogP) is 5.33. The van der Waals surface area contributed by atoms with Crippen LogP contribution in [0.3, 0.4) is 0 Å². The lowest BCUT2D eigenvalue weighted by Crippen LogP contribution is -2.16. The Morgan fingerprint density at radius 1 is 1.37 bits per heavy atom. The smallest absolute Gasteiger partial charge is 0.324 e. The van der Waals surface area contributed by atoms with Crippen molar-refractivity contribution >= 4 is 60.7 Å². The van der Waals surface area contributed by atoms with Gasteiger partial charge in [0.25, 0.3) is 5.69 Å². The minimum absolute atomic E-state index is 0.0921. The Labute approximate surface area is 172 Å². The molecule has 0 bridgehead atoms. The average molecular weight is 535 g/mol. The van der Waals surface area contributed by atoms with Gasteiger partial charge in [-0.3, -0.25) is 19.6 Å². The van der Waals surface area contributed by atoms with E-state index in [1.54, 1.807) is 0 Å². The summed E-state index contributed by atoms with van der Waals surface area (Å²) in [7, 11) is 0. The van der Waals surface area contributed by atoms with Crippen molar-refractivity contribution in [3.8, 4) is 0 Å². The molecule has 0 unspecified atom stereocenters. The standard InChI is InChI=1S/C14H10Br2ClF3N4O3/c1-6-11(17)13(14(18,19)20)22-23(6)3-2-10(25)21-12-8(15)4-7(24(26)27)5-9(12)16/h4-5H,2-3H2,1H3,(H,21,25). The topological polar surface area (TPSA) is 90.1 Å². The third-order valence-electron chi connectivity index (χ3n) is 3.45. The van der Waals surface area contributed by atoms with E-state index in [2.05, 4.69) is 42.3 Å². The summed E-state index contributed by atoms with van der Waals surface area (Å²) in [6.45, 7) is 1.24. The monoisotopic (exact) mass is 532 g/mol. The number of amides is 1. The zero-order chi connectivity index (χ0) is 20.5. The maximum atomic E-state index is 12.8. The quantitative estimate of drug-likeness (QED) is 0.415. The van der Waals surface area contributed by atoms with E-state index < -0.39 is 27.7 Å². The maximum Gasteiger partial charge on any atom is 0.436 e. The number of aromatic nitrogens is 2. The first kappa shape index (κ1) is 21.6. The second-order valence-corrected chi connectivity index (χ2v) is 7.40. The molecule has 0 aliphatic rings. The molecule has 0 saturated carbocycles. The van der Waals surface area contributed by atoms with Crippen molar-refractivity contribution in [2.24, 2.45) is 0 Å². The lowest BCUT2D eigenvalue weighted by atomic mass is 10.2. The molecule has 0 spiro atoms. The van der Waals surface area contributed by atoms with Gasteiger partial charge < -0.3 is 5.32 Å². The summed E-state index contributed by atoms with van der Waals surface area (Å²) in [5.41, 5.74) is -1.04. The molecule has 0 atom stereocenters. The van der Waals surface area contributed by atoms with Crippen molar-refractivity contribution in [3.63, 3.8) is 0 Å². The highest BCUT2D eigenvalue weighted by Crippen LogP contribution is 2.36. The molecular weight excluding hydrogens is 524 g/mol. The number of nitrogens with one attached hydrogen (secondary N) is 1. The lowest BCUT2D eigenvalue weighted by Gasteiger charge is -2.10. The number of nitro groups is 1. The number of rotatable bonds is 5. The number of non-ortho nitro benzene ring substituents is 1. The van der Waals surface area contributed by atoms with E-state index in [0.29, 0.717) is 0 Å². The number of benzene rings is 1. The van der Waals surface area contributed by atoms with Crippen LogP contribution in [-0.2, 0) is 17.5 Å². The minimum Gasteiger partial charge on any atom is -0.324 e. The van der Waals surface area contributed by atoms with E-state index in [-0.39, 0.29) is 39.0 Å². The van der Waals surface area contributed by atoms with Crippen LogP contribution in [0.25, 0.3) is 0 Å². The molecule has 13 heteroatoms. The van der Waals surface area contributed by atoms with Gasteiger partial charge in [-0.1, -0.05) is 11.6 Å². The van der Waals surface area contributed by atoms with Gasteiger partial charge in [-0.2, -0.15) is 18.3 Å². The van der Waals surface area contributed by atoms with Crippen LogP contribution in [-0.4, -0.2) is 20.6 Å². The minimum atomic E-state index is -4.69. The van der Waals surface area contributed by atoms with Gasteiger partial charge in [-0.25, -0.2) is 0 Å². The number of halogens is 6. The molecule has 1 N–H and O–H groups in total. The Hall–Kier alpha value is -1.66. The van der Waals surface area contributed by atoms with Gasteiger partial charge in [0.15, 0.2) is 5.69 Å². The van der Waals surface area contributed by atoms with Crippen molar-refractivity contribution in [2.45, 2.75) is 26.1 Å².